The molecule has 0 fully saturated rings. The zero-order chi connectivity index (χ0) is 14.2. The maximum absolute atomic E-state index is 13.5. The predicted molar refractivity (Wildman–Crippen MR) is 56.7 cm³/mol. The van der Waals surface area contributed by atoms with Gasteiger partial charge in [-0.3, -0.25) is 0 Å². The third-order valence-corrected chi connectivity index (χ3v) is 2.63. The van der Waals surface area contributed by atoms with Crippen LogP contribution < -0.4 is 0 Å². The van der Waals surface area contributed by atoms with Gasteiger partial charge in [0.05, 0.1) is 5.56 Å². The number of aliphatic hydroxyl groups excluding tert-OH is 1. The molecule has 6 heteroatoms. The summed E-state index contributed by atoms with van der Waals surface area (Å²) in [6.07, 6.45) is -1.94. The molecule has 0 aromatic heterocycles. The van der Waals surface area contributed by atoms with E-state index < -0.39 is 40.8 Å². The summed E-state index contributed by atoms with van der Waals surface area (Å²) in [4.78, 5) is 0. The van der Waals surface area contributed by atoms with Crippen LogP contribution in [0.5, 0.6) is 0 Å². The van der Waals surface area contributed by atoms with Gasteiger partial charge in [0.1, 0.15) is 6.10 Å². The van der Waals surface area contributed by atoms with Crippen LogP contribution in [0.3, 0.4) is 0 Å². The summed E-state index contributed by atoms with van der Waals surface area (Å²) in [5.74, 6) is -10.5. The SMILES string of the molecule is O[C@H](c1ccccc1)c1c(F)c(F)c(F)c(F)c1F. The molecule has 2 aromatic rings. The molecular weight excluding hydrogens is 267 g/mol. The monoisotopic (exact) mass is 274 g/mol. The van der Waals surface area contributed by atoms with E-state index in [4.69, 9.17) is 0 Å². The molecule has 0 aliphatic carbocycles. The van der Waals surface area contributed by atoms with Crippen molar-refractivity contribution in [2.45, 2.75) is 6.10 Å². The van der Waals surface area contributed by atoms with E-state index in [1.165, 1.54) is 24.3 Å². The number of aliphatic hydroxyl groups is 1. The molecule has 0 saturated heterocycles. The van der Waals surface area contributed by atoms with Crippen molar-refractivity contribution in [3.8, 4) is 0 Å². The Kier molecular flexibility index (Phi) is 3.53. The quantitative estimate of drug-likeness (QED) is 0.505. The minimum absolute atomic E-state index is 0.0192. The summed E-state index contributed by atoms with van der Waals surface area (Å²) < 4.78 is 65.8. The maximum Gasteiger partial charge on any atom is 0.200 e. The highest BCUT2D eigenvalue weighted by Gasteiger charge is 2.30. The Morgan fingerprint density at radius 1 is 0.684 bits per heavy atom. The highest BCUT2D eigenvalue weighted by molar-refractivity contribution is 5.33. The Labute approximate surface area is 104 Å². The molecule has 0 spiro atoms. The largest absolute Gasteiger partial charge is 0.383 e. The van der Waals surface area contributed by atoms with Crippen molar-refractivity contribution in [3.05, 3.63) is 70.5 Å². The van der Waals surface area contributed by atoms with E-state index in [0.29, 0.717) is 0 Å². The fourth-order valence-electron chi connectivity index (χ4n) is 1.66. The summed E-state index contributed by atoms with van der Waals surface area (Å²) in [6, 6.07) is 7.12. The van der Waals surface area contributed by atoms with Crippen molar-refractivity contribution in [3.63, 3.8) is 0 Å². The molecule has 1 N–H and O–H groups in total. The molecule has 0 aliphatic rings. The Hall–Kier alpha value is -1.95. The van der Waals surface area contributed by atoms with Gasteiger partial charge in [-0.2, -0.15) is 0 Å². The fraction of sp³-hybridized carbons (Fsp3) is 0.0769. The van der Waals surface area contributed by atoms with E-state index in [1.807, 2.05) is 0 Å². The second-order valence-corrected chi connectivity index (χ2v) is 3.80. The van der Waals surface area contributed by atoms with Gasteiger partial charge in [0.15, 0.2) is 23.3 Å². The van der Waals surface area contributed by atoms with Gasteiger partial charge in [0.2, 0.25) is 5.82 Å². The van der Waals surface area contributed by atoms with Crippen LogP contribution in [0, 0.1) is 29.1 Å². The predicted octanol–water partition coefficient (Wildman–Crippen LogP) is 3.46. The average Bonchev–Trinajstić information content (AvgIpc) is 2.44. The Morgan fingerprint density at radius 3 is 1.58 bits per heavy atom. The Bertz CT molecular complexity index is 583. The molecule has 0 aliphatic heterocycles. The average molecular weight is 274 g/mol. The lowest BCUT2D eigenvalue weighted by Crippen LogP contribution is -2.12. The molecule has 100 valence electrons. The van der Waals surface area contributed by atoms with E-state index in [2.05, 4.69) is 0 Å². The number of halogens is 5. The summed E-state index contributed by atoms with van der Waals surface area (Å²) in [5.41, 5.74) is -1.24. The maximum atomic E-state index is 13.5. The Morgan fingerprint density at radius 2 is 1.11 bits per heavy atom. The van der Waals surface area contributed by atoms with Crippen LogP contribution in [0.1, 0.15) is 17.2 Å². The van der Waals surface area contributed by atoms with E-state index in [0.717, 1.165) is 0 Å². The Balaban J connectivity index is 2.64. The van der Waals surface area contributed by atoms with Crippen LogP contribution in [0.25, 0.3) is 0 Å². The van der Waals surface area contributed by atoms with Gasteiger partial charge in [-0.05, 0) is 5.56 Å². The fourth-order valence-corrected chi connectivity index (χ4v) is 1.66. The van der Waals surface area contributed by atoms with Gasteiger partial charge in [0.25, 0.3) is 0 Å². The smallest absolute Gasteiger partial charge is 0.200 e. The third-order valence-electron chi connectivity index (χ3n) is 2.63. The second kappa shape index (κ2) is 4.97. The molecule has 0 unspecified atom stereocenters. The number of benzene rings is 2. The lowest BCUT2D eigenvalue weighted by molar-refractivity contribution is 0.203. The standard InChI is InChI=1S/C13H7F5O/c14-8-7(9(15)11(17)12(18)10(8)16)13(19)6-4-2-1-3-5-6/h1-5,13,19H/t13-/m1/s1. The van der Waals surface area contributed by atoms with Gasteiger partial charge < -0.3 is 5.11 Å². The van der Waals surface area contributed by atoms with Crippen molar-refractivity contribution in [1.29, 1.82) is 0 Å². The second-order valence-electron chi connectivity index (χ2n) is 3.80. The van der Waals surface area contributed by atoms with Crippen LogP contribution >= 0.6 is 0 Å². The first-order chi connectivity index (χ1) is 8.95. The number of rotatable bonds is 2. The zero-order valence-electron chi connectivity index (χ0n) is 9.30. The molecule has 1 nitrogen and oxygen atoms in total. The van der Waals surface area contributed by atoms with Gasteiger partial charge in [0, 0.05) is 0 Å². The van der Waals surface area contributed by atoms with Crippen LogP contribution in [-0.4, -0.2) is 5.11 Å². The van der Waals surface area contributed by atoms with E-state index >= 15 is 0 Å². The van der Waals surface area contributed by atoms with Crippen molar-refractivity contribution in [1.82, 2.24) is 0 Å². The van der Waals surface area contributed by atoms with Crippen LogP contribution in [0.2, 0.25) is 0 Å². The normalized spacial score (nSPS) is 12.5. The number of hydrogen-bond donors (Lipinski definition) is 1. The van der Waals surface area contributed by atoms with Crippen molar-refractivity contribution < 1.29 is 27.1 Å². The number of hydrogen-bond acceptors (Lipinski definition) is 1. The molecule has 0 heterocycles. The van der Waals surface area contributed by atoms with Gasteiger partial charge in [-0.25, -0.2) is 22.0 Å². The van der Waals surface area contributed by atoms with E-state index in [-0.39, 0.29) is 5.56 Å². The zero-order valence-corrected chi connectivity index (χ0v) is 9.30. The highest BCUT2D eigenvalue weighted by Crippen LogP contribution is 2.31. The van der Waals surface area contributed by atoms with E-state index in [9.17, 15) is 27.1 Å². The summed E-state index contributed by atoms with van der Waals surface area (Å²) in [6.45, 7) is 0. The summed E-state index contributed by atoms with van der Waals surface area (Å²) in [5, 5.41) is 9.76. The molecule has 0 radical (unpaired) electrons. The minimum atomic E-state index is -2.25. The molecule has 1 atom stereocenters. The summed E-state index contributed by atoms with van der Waals surface area (Å²) in [7, 11) is 0. The van der Waals surface area contributed by atoms with Crippen LogP contribution in [0.4, 0.5) is 22.0 Å². The van der Waals surface area contributed by atoms with E-state index in [1.54, 1.807) is 6.07 Å². The molecule has 0 amide bonds. The molecule has 0 bridgehead atoms. The lowest BCUT2D eigenvalue weighted by Gasteiger charge is -2.14. The lowest BCUT2D eigenvalue weighted by atomic mass is 10.00. The van der Waals surface area contributed by atoms with Gasteiger partial charge in [-0.15, -0.1) is 0 Å². The molecule has 2 aromatic carbocycles. The van der Waals surface area contributed by atoms with Crippen molar-refractivity contribution >= 4 is 0 Å². The van der Waals surface area contributed by atoms with Crippen LogP contribution in [0.15, 0.2) is 30.3 Å². The van der Waals surface area contributed by atoms with Gasteiger partial charge >= 0.3 is 0 Å². The first-order valence-corrected chi connectivity index (χ1v) is 5.19. The molecular formula is C13H7F5O. The van der Waals surface area contributed by atoms with Gasteiger partial charge in [-0.1, -0.05) is 30.3 Å². The first kappa shape index (κ1) is 13.5. The van der Waals surface area contributed by atoms with Crippen molar-refractivity contribution in [2.75, 3.05) is 0 Å². The topological polar surface area (TPSA) is 20.2 Å². The first-order valence-electron chi connectivity index (χ1n) is 5.19. The van der Waals surface area contributed by atoms with Crippen molar-refractivity contribution in [2.24, 2.45) is 0 Å². The minimum Gasteiger partial charge on any atom is -0.383 e. The molecule has 2 rings (SSSR count). The van der Waals surface area contributed by atoms with Crippen LogP contribution in [-0.2, 0) is 0 Å². The summed E-state index contributed by atoms with van der Waals surface area (Å²) >= 11 is 0. The highest BCUT2D eigenvalue weighted by atomic mass is 19.2. The third kappa shape index (κ3) is 2.19. The molecule has 0 saturated carbocycles. The molecule has 19 heavy (non-hydrogen) atoms.